The van der Waals surface area contributed by atoms with Crippen LogP contribution in [0.4, 0.5) is 4.39 Å². The van der Waals surface area contributed by atoms with Gasteiger partial charge in [0.25, 0.3) is 0 Å². The maximum absolute atomic E-state index is 13.4. The quantitative estimate of drug-likeness (QED) is 0.781. The number of benzene rings is 1. The first-order valence-corrected chi connectivity index (χ1v) is 4.88. The van der Waals surface area contributed by atoms with Gasteiger partial charge in [0.15, 0.2) is 11.6 Å². The lowest BCUT2D eigenvalue weighted by Crippen LogP contribution is -2.12. The van der Waals surface area contributed by atoms with Gasteiger partial charge < -0.3 is 10.1 Å². The molecule has 1 aromatic rings. The van der Waals surface area contributed by atoms with Crippen molar-refractivity contribution in [3.8, 4) is 5.75 Å². The summed E-state index contributed by atoms with van der Waals surface area (Å²) in [5, 5.41) is 3.33. The van der Waals surface area contributed by atoms with Crippen LogP contribution in [-0.2, 0) is 0 Å². The van der Waals surface area contributed by atoms with Crippen LogP contribution in [0.1, 0.15) is 24.4 Å². The average molecular weight is 195 g/mol. The Kier molecular flexibility index (Phi) is 2.68. The van der Waals surface area contributed by atoms with Crippen LogP contribution in [-0.4, -0.2) is 13.7 Å². The summed E-state index contributed by atoms with van der Waals surface area (Å²) in [4.78, 5) is 0. The van der Waals surface area contributed by atoms with Gasteiger partial charge in [0.2, 0.25) is 0 Å². The van der Waals surface area contributed by atoms with Crippen molar-refractivity contribution in [1.82, 2.24) is 5.32 Å². The standard InChI is InChI=1S/C11H14FNO/c1-14-11-5-4-8(7-9(11)12)10-3-2-6-13-10/h4-5,7,10,13H,2-3,6H2,1H3/t10-/m1/s1. The number of hydrogen-bond donors (Lipinski definition) is 1. The lowest BCUT2D eigenvalue weighted by Gasteiger charge is -2.11. The lowest BCUT2D eigenvalue weighted by atomic mass is 10.1. The van der Waals surface area contributed by atoms with Crippen molar-refractivity contribution >= 4 is 0 Å². The molecule has 0 aromatic heterocycles. The van der Waals surface area contributed by atoms with E-state index in [9.17, 15) is 4.39 Å². The highest BCUT2D eigenvalue weighted by atomic mass is 19.1. The Morgan fingerprint density at radius 1 is 1.50 bits per heavy atom. The molecule has 0 radical (unpaired) electrons. The summed E-state index contributed by atoms with van der Waals surface area (Å²) in [5.74, 6) is 0.0328. The molecule has 1 fully saturated rings. The van der Waals surface area contributed by atoms with Crippen LogP contribution < -0.4 is 10.1 Å². The minimum absolute atomic E-state index is 0.279. The Hall–Kier alpha value is -1.09. The fourth-order valence-electron chi connectivity index (χ4n) is 1.87. The number of methoxy groups -OCH3 is 1. The first-order chi connectivity index (χ1) is 6.81. The van der Waals surface area contributed by atoms with Gasteiger partial charge in [-0.25, -0.2) is 4.39 Å². The van der Waals surface area contributed by atoms with E-state index in [4.69, 9.17) is 4.74 Å². The lowest BCUT2D eigenvalue weighted by molar-refractivity contribution is 0.385. The van der Waals surface area contributed by atoms with Gasteiger partial charge in [-0.15, -0.1) is 0 Å². The first kappa shape index (κ1) is 9.46. The predicted octanol–water partition coefficient (Wildman–Crippen LogP) is 2.26. The second-order valence-corrected chi connectivity index (χ2v) is 3.54. The first-order valence-electron chi connectivity index (χ1n) is 4.88. The predicted molar refractivity (Wildman–Crippen MR) is 52.9 cm³/mol. The van der Waals surface area contributed by atoms with Crippen LogP contribution in [0, 0.1) is 5.82 Å². The molecular formula is C11H14FNO. The topological polar surface area (TPSA) is 21.3 Å². The van der Waals surface area contributed by atoms with Crippen molar-refractivity contribution < 1.29 is 9.13 Å². The molecule has 2 rings (SSSR count). The van der Waals surface area contributed by atoms with Gasteiger partial charge in [-0.3, -0.25) is 0 Å². The summed E-state index contributed by atoms with van der Waals surface area (Å²) in [6.07, 6.45) is 2.25. The molecule has 0 unspecified atom stereocenters. The summed E-state index contributed by atoms with van der Waals surface area (Å²) in [7, 11) is 1.48. The molecule has 0 aliphatic carbocycles. The molecule has 1 atom stereocenters. The fraction of sp³-hybridized carbons (Fsp3) is 0.455. The van der Waals surface area contributed by atoms with Crippen molar-refractivity contribution in [1.29, 1.82) is 0 Å². The van der Waals surface area contributed by atoms with E-state index in [2.05, 4.69) is 5.32 Å². The van der Waals surface area contributed by atoms with Gasteiger partial charge >= 0.3 is 0 Å². The third kappa shape index (κ3) is 1.73. The smallest absolute Gasteiger partial charge is 0.165 e. The number of halogens is 1. The average Bonchev–Trinajstić information content (AvgIpc) is 2.70. The molecule has 0 amide bonds. The van der Waals surface area contributed by atoms with E-state index in [-0.39, 0.29) is 5.82 Å². The molecule has 1 aliphatic heterocycles. The largest absolute Gasteiger partial charge is 0.494 e. The van der Waals surface area contributed by atoms with E-state index >= 15 is 0 Å². The molecule has 3 heteroatoms. The van der Waals surface area contributed by atoms with Crippen molar-refractivity contribution in [3.05, 3.63) is 29.6 Å². The maximum atomic E-state index is 13.4. The van der Waals surface area contributed by atoms with Gasteiger partial charge in [0.05, 0.1) is 7.11 Å². The van der Waals surface area contributed by atoms with Gasteiger partial charge in [-0.05, 0) is 37.1 Å². The van der Waals surface area contributed by atoms with Crippen LogP contribution in [0.2, 0.25) is 0 Å². The number of rotatable bonds is 2. The molecule has 0 spiro atoms. The molecule has 0 saturated carbocycles. The Bertz CT molecular complexity index is 321. The van der Waals surface area contributed by atoms with E-state index in [0.29, 0.717) is 11.8 Å². The van der Waals surface area contributed by atoms with Crippen molar-refractivity contribution in [2.45, 2.75) is 18.9 Å². The van der Waals surface area contributed by atoms with E-state index in [1.54, 1.807) is 12.1 Å². The van der Waals surface area contributed by atoms with Crippen molar-refractivity contribution in [2.75, 3.05) is 13.7 Å². The van der Waals surface area contributed by atoms with Crippen LogP contribution in [0.3, 0.4) is 0 Å². The zero-order valence-electron chi connectivity index (χ0n) is 8.22. The SMILES string of the molecule is COc1ccc([C@H]2CCCN2)cc1F. The molecule has 2 nitrogen and oxygen atoms in total. The third-order valence-electron chi connectivity index (χ3n) is 2.64. The third-order valence-corrected chi connectivity index (χ3v) is 2.64. The Morgan fingerprint density at radius 2 is 2.36 bits per heavy atom. The van der Waals surface area contributed by atoms with Crippen LogP contribution in [0.25, 0.3) is 0 Å². The Labute approximate surface area is 83.1 Å². The molecule has 14 heavy (non-hydrogen) atoms. The number of hydrogen-bond acceptors (Lipinski definition) is 2. The highest BCUT2D eigenvalue weighted by Gasteiger charge is 2.17. The maximum Gasteiger partial charge on any atom is 0.165 e. The monoisotopic (exact) mass is 195 g/mol. The van der Waals surface area contributed by atoms with E-state index in [1.165, 1.54) is 7.11 Å². The fourth-order valence-corrected chi connectivity index (χ4v) is 1.87. The molecule has 76 valence electrons. The number of ether oxygens (including phenoxy) is 1. The van der Waals surface area contributed by atoms with Crippen molar-refractivity contribution in [3.63, 3.8) is 0 Å². The highest BCUT2D eigenvalue weighted by Crippen LogP contribution is 2.26. The van der Waals surface area contributed by atoms with Gasteiger partial charge in [0.1, 0.15) is 0 Å². The van der Waals surface area contributed by atoms with Gasteiger partial charge in [-0.2, -0.15) is 0 Å². The van der Waals surface area contributed by atoms with Gasteiger partial charge in [-0.1, -0.05) is 6.07 Å². The van der Waals surface area contributed by atoms with Gasteiger partial charge in [0, 0.05) is 6.04 Å². The zero-order chi connectivity index (χ0) is 9.97. The van der Waals surface area contributed by atoms with Crippen molar-refractivity contribution in [2.24, 2.45) is 0 Å². The van der Waals surface area contributed by atoms with Crippen LogP contribution >= 0.6 is 0 Å². The molecule has 1 aliphatic rings. The minimum Gasteiger partial charge on any atom is -0.494 e. The molecule has 1 saturated heterocycles. The number of nitrogens with one attached hydrogen (secondary N) is 1. The highest BCUT2D eigenvalue weighted by molar-refractivity contribution is 5.31. The summed E-state index contributed by atoms with van der Waals surface area (Å²) >= 11 is 0. The second kappa shape index (κ2) is 3.96. The van der Waals surface area contributed by atoms with Crippen LogP contribution in [0.15, 0.2) is 18.2 Å². The van der Waals surface area contributed by atoms with Crippen LogP contribution in [0.5, 0.6) is 5.75 Å². The Balaban J connectivity index is 2.23. The zero-order valence-corrected chi connectivity index (χ0v) is 8.22. The van der Waals surface area contributed by atoms with E-state index in [1.807, 2.05) is 6.07 Å². The molecule has 1 heterocycles. The minimum atomic E-state index is -0.279. The molecule has 1 N–H and O–H groups in total. The summed E-state index contributed by atoms with van der Waals surface area (Å²) in [5.41, 5.74) is 1.01. The summed E-state index contributed by atoms with van der Waals surface area (Å²) in [6.45, 7) is 1.03. The molecular weight excluding hydrogens is 181 g/mol. The van der Waals surface area contributed by atoms with E-state index in [0.717, 1.165) is 24.9 Å². The second-order valence-electron chi connectivity index (χ2n) is 3.54. The summed E-state index contributed by atoms with van der Waals surface area (Å²) < 4.78 is 18.2. The normalized spacial score (nSPS) is 21.1. The Morgan fingerprint density at radius 3 is 2.93 bits per heavy atom. The molecule has 1 aromatic carbocycles. The molecule has 0 bridgehead atoms. The summed E-state index contributed by atoms with van der Waals surface area (Å²) in [6, 6.07) is 5.48. The van der Waals surface area contributed by atoms with E-state index < -0.39 is 0 Å².